The number of hydrogen-bond donors (Lipinski definition) is 1. The van der Waals surface area contributed by atoms with Gasteiger partial charge in [0.1, 0.15) is 5.82 Å². The molecule has 0 aliphatic heterocycles. The van der Waals surface area contributed by atoms with Crippen molar-refractivity contribution in [3.05, 3.63) is 23.9 Å². The van der Waals surface area contributed by atoms with Gasteiger partial charge in [0, 0.05) is 13.6 Å². The van der Waals surface area contributed by atoms with E-state index in [2.05, 4.69) is 9.72 Å². The molecule has 0 amide bonds. The summed E-state index contributed by atoms with van der Waals surface area (Å²) < 4.78 is 4.63. The Labute approximate surface area is 105 Å². The van der Waals surface area contributed by atoms with Crippen molar-refractivity contribution in [2.45, 2.75) is 6.92 Å². The maximum absolute atomic E-state index is 11.3. The number of methoxy groups -OCH3 is 1. The largest absolute Gasteiger partial charge is 0.477 e. The van der Waals surface area contributed by atoms with Crippen LogP contribution in [0.25, 0.3) is 0 Å². The number of aromatic carboxylic acids is 1. The van der Waals surface area contributed by atoms with Crippen LogP contribution in [0.3, 0.4) is 0 Å². The van der Waals surface area contributed by atoms with Crippen LogP contribution in [0.1, 0.15) is 17.4 Å². The maximum atomic E-state index is 11.3. The summed E-state index contributed by atoms with van der Waals surface area (Å²) in [6.45, 7) is 2.14. The molecule has 1 N–H and O–H groups in total. The Morgan fingerprint density at radius 2 is 2.17 bits per heavy atom. The second-order valence-corrected chi connectivity index (χ2v) is 3.99. The highest BCUT2D eigenvalue weighted by Crippen LogP contribution is 2.12. The van der Waals surface area contributed by atoms with Gasteiger partial charge in [-0.05, 0) is 12.1 Å². The third-order valence-corrected chi connectivity index (χ3v) is 2.50. The minimum absolute atomic E-state index is 0.0231. The van der Waals surface area contributed by atoms with Gasteiger partial charge in [-0.15, -0.1) is 0 Å². The van der Waals surface area contributed by atoms with Crippen LogP contribution in [0.4, 0.5) is 5.82 Å². The number of esters is 1. The molecule has 0 aliphatic rings. The molecule has 1 atom stereocenters. The Balaban J connectivity index is 2.78. The molecule has 0 aromatic carbocycles. The lowest BCUT2D eigenvalue weighted by Gasteiger charge is -2.21. The summed E-state index contributed by atoms with van der Waals surface area (Å²) in [6.07, 6.45) is 0. The number of pyridine rings is 1. The van der Waals surface area contributed by atoms with E-state index in [9.17, 15) is 9.59 Å². The number of hydrogen-bond acceptors (Lipinski definition) is 5. The monoisotopic (exact) mass is 252 g/mol. The van der Waals surface area contributed by atoms with Crippen molar-refractivity contribution in [2.24, 2.45) is 5.92 Å². The van der Waals surface area contributed by atoms with Crippen molar-refractivity contribution < 1.29 is 19.4 Å². The molecule has 1 aromatic rings. The van der Waals surface area contributed by atoms with E-state index >= 15 is 0 Å². The molecule has 0 bridgehead atoms. The van der Waals surface area contributed by atoms with E-state index in [1.165, 1.54) is 13.2 Å². The molecule has 18 heavy (non-hydrogen) atoms. The van der Waals surface area contributed by atoms with Crippen LogP contribution in [-0.4, -0.2) is 42.7 Å². The third-order valence-electron chi connectivity index (χ3n) is 2.50. The smallest absolute Gasteiger partial charge is 0.354 e. The van der Waals surface area contributed by atoms with Crippen LogP contribution in [0.2, 0.25) is 0 Å². The number of aromatic nitrogens is 1. The van der Waals surface area contributed by atoms with Crippen LogP contribution in [-0.2, 0) is 9.53 Å². The average Bonchev–Trinajstić information content (AvgIpc) is 2.37. The number of rotatable bonds is 5. The SMILES string of the molecule is COC(=O)C(C)CN(C)c1cccc(C(=O)O)n1. The summed E-state index contributed by atoms with van der Waals surface area (Å²) in [5.74, 6) is -1.19. The first-order valence-electron chi connectivity index (χ1n) is 5.45. The predicted octanol–water partition coefficient (Wildman–Crippen LogP) is 1.03. The lowest BCUT2D eigenvalue weighted by atomic mass is 10.2. The number of carboxylic acids is 1. The van der Waals surface area contributed by atoms with Gasteiger partial charge in [-0.1, -0.05) is 13.0 Å². The van der Waals surface area contributed by atoms with Gasteiger partial charge in [-0.25, -0.2) is 9.78 Å². The molecular formula is C12H16N2O4. The fourth-order valence-electron chi connectivity index (χ4n) is 1.54. The summed E-state index contributed by atoms with van der Waals surface area (Å²) in [5, 5.41) is 8.84. The highest BCUT2D eigenvalue weighted by molar-refractivity contribution is 5.85. The van der Waals surface area contributed by atoms with Crippen LogP contribution in [0, 0.1) is 5.92 Å². The minimum atomic E-state index is -1.08. The zero-order chi connectivity index (χ0) is 13.7. The maximum Gasteiger partial charge on any atom is 0.354 e. The first-order chi connectivity index (χ1) is 8.45. The molecule has 0 radical (unpaired) electrons. The van der Waals surface area contributed by atoms with E-state index in [-0.39, 0.29) is 17.6 Å². The Bertz CT molecular complexity index is 447. The summed E-state index contributed by atoms with van der Waals surface area (Å²) in [4.78, 5) is 27.8. The van der Waals surface area contributed by atoms with Gasteiger partial charge in [0.2, 0.25) is 0 Å². The average molecular weight is 252 g/mol. The van der Waals surface area contributed by atoms with Gasteiger partial charge >= 0.3 is 11.9 Å². The Hall–Kier alpha value is -2.11. The molecule has 1 aromatic heterocycles. The lowest BCUT2D eigenvalue weighted by Crippen LogP contribution is -2.30. The molecule has 0 saturated carbocycles. The highest BCUT2D eigenvalue weighted by Gasteiger charge is 2.17. The van der Waals surface area contributed by atoms with Crippen molar-refractivity contribution in [3.63, 3.8) is 0 Å². The number of ether oxygens (including phenoxy) is 1. The number of carbonyl (C=O) groups is 2. The fourth-order valence-corrected chi connectivity index (χ4v) is 1.54. The number of carbonyl (C=O) groups excluding carboxylic acids is 1. The molecule has 1 heterocycles. The van der Waals surface area contributed by atoms with E-state index in [1.807, 2.05) is 0 Å². The highest BCUT2D eigenvalue weighted by atomic mass is 16.5. The summed E-state index contributed by atoms with van der Waals surface area (Å²) in [7, 11) is 3.08. The second kappa shape index (κ2) is 6.00. The van der Waals surface area contributed by atoms with Crippen LogP contribution in [0.15, 0.2) is 18.2 Å². The predicted molar refractivity (Wildman–Crippen MR) is 65.6 cm³/mol. The van der Waals surface area contributed by atoms with Crippen molar-refractivity contribution in [1.29, 1.82) is 0 Å². The summed E-state index contributed by atoms with van der Waals surface area (Å²) in [5.41, 5.74) is -0.0231. The van der Waals surface area contributed by atoms with E-state index in [1.54, 1.807) is 31.0 Å². The second-order valence-electron chi connectivity index (χ2n) is 3.99. The van der Waals surface area contributed by atoms with Gasteiger partial charge in [0.25, 0.3) is 0 Å². The lowest BCUT2D eigenvalue weighted by molar-refractivity contribution is -0.144. The van der Waals surface area contributed by atoms with E-state index in [0.717, 1.165) is 0 Å². The first-order valence-corrected chi connectivity index (χ1v) is 5.45. The molecular weight excluding hydrogens is 236 g/mol. The zero-order valence-corrected chi connectivity index (χ0v) is 10.6. The summed E-state index contributed by atoms with van der Waals surface area (Å²) in [6, 6.07) is 4.73. The molecule has 0 spiro atoms. The third kappa shape index (κ3) is 3.44. The quantitative estimate of drug-likeness (QED) is 0.788. The van der Waals surface area contributed by atoms with Crippen LogP contribution < -0.4 is 4.90 Å². The molecule has 0 saturated heterocycles. The molecule has 98 valence electrons. The number of carboxylic acid groups (broad SMARTS) is 1. The van der Waals surface area contributed by atoms with Crippen molar-refractivity contribution in [2.75, 3.05) is 25.6 Å². The van der Waals surface area contributed by atoms with E-state index < -0.39 is 5.97 Å². The number of nitrogens with zero attached hydrogens (tertiary/aromatic N) is 2. The van der Waals surface area contributed by atoms with Crippen LogP contribution >= 0.6 is 0 Å². The van der Waals surface area contributed by atoms with E-state index in [0.29, 0.717) is 12.4 Å². The summed E-state index contributed by atoms with van der Waals surface area (Å²) >= 11 is 0. The molecule has 0 aliphatic carbocycles. The minimum Gasteiger partial charge on any atom is -0.477 e. The van der Waals surface area contributed by atoms with E-state index in [4.69, 9.17) is 5.11 Å². The van der Waals surface area contributed by atoms with Gasteiger partial charge in [0.15, 0.2) is 5.69 Å². The molecule has 1 unspecified atom stereocenters. The van der Waals surface area contributed by atoms with Crippen LogP contribution in [0.5, 0.6) is 0 Å². The Kier molecular flexibility index (Phi) is 4.65. The standard InChI is InChI=1S/C12H16N2O4/c1-8(12(17)18-3)7-14(2)10-6-4-5-9(13-10)11(15)16/h4-6,8H,7H2,1-3H3,(H,15,16). The zero-order valence-electron chi connectivity index (χ0n) is 10.6. The van der Waals surface area contributed by atoms with Gasteiger partial charge in [-0.2, -0.15) is 0 Å². The Morgan fingerprint density at radius 3 is 2.72 bits per heavy atom. The molecule has 1 rings (SSSR count). The van der Waals surface area contributed by atoms with Gasteiger partial charge in [-0.3, -0.25) is 4.79 Å². The van der Waals surface area contributed by atoms with Crippen molar-refractivity contribution >= 4 is 17.8 Å². The van der Waals surface area contributed by atoms with Gasteiger partial charge in [0.05, 0.1) is 13.0 Å². The fraction of sp³-hybridized carbons (Fsp3) is 0.417. The molecule has 0 fully saturated rings. The van der Waals surface area contributed by atoms with Crippen molar-refractivity contribution in [1.82, 2.24) is 4.98 Å². The molecule has 6 heteroatoms. The van der Waals surface area contributed by atoms with Crippen molar-refractivity contribution in [3.8, 4) is 0 Å². The topological polar surface area (TPSA) is 79.7 Å². The normalized spacial score (nSPS) is 11.7. The van der Waals surface area contributed by atoms with Gasteiger partial charge < -0.3 is 14.7 Å². The first kappa shape index (κ1) is 14.0. The molecule has 6 nitrogen and oxygen atoms in total. The number of anilines is 1. The Morgan fingerprint density at radius 1 is 1.50 bits per heavy atom.